The van der Waals surface area contributed by atoms with Crippen LogP contribution in [0.3, 0.4) is 0 Å². The van der Waals surface area contributed by atoms with Crippen LogP contribution in [0.1, 0.15) is 15.9 Å². The summed E-state index contributed by atoms with van der Waals surface area (Å²) in [5, 5.41) is 10.7. The minimum Gasteiger partial charge on any atom is -0.288 e. The number of hydrogen-bond donors (Lipinski definition) is 0. The first-order valence-corrected chi connectivity index (χ1v) is 6.50. The monoisotopic (exact) mass is 302 g/mol. The second-order valence-electron chi connectivity index (χ2n) is 4.15. The fraction of sp³-hybridized carbons (Fsp3) is 0.0667. The molecular formula is C15H11ClN2O3. The van der Waals surface area contributed by atoms with Crippen LogP contribution in [0.4, 0.5) is 5.69 Å². The van der Waals surface area contributed by atoms with E-state index in [2.05, 4.69) is 4.99 Å². The lowest BCUT2D eigenvalue weighted by molar-refractivity contribution is -0.462. The number of nitrogens with zero attached hydrogens (tertiary/aromatic N) is 2. The summed E-state index contributed by atoms with van der Waals surface area (Å²) in [6.07, 6.45) is 1.17. The largest absolute Gasteiger partial charge is 0.288 e. The minimum atomic E-state index is -0.498. The molecule has 0 aliphatic rings. The Balaban J connectivity index is 2.36. The SMILES string of the molecule is O=C(c1ccccc1Cl)c1ccccc1N=CC[N+](=O)[O-]. The summed E-state index contributed by atoms with van der Waals surface area (Å²) in [6.45, 7) is -0.394. The Morgan fingerprint density at radius 2 is 1.76 bits per heavy atom. The molecule has 6 heteroatoms. The van der Waals surface area contributed by atoms with Gasteiger partial charge in [-0.3, -0.25) is 19.9 Å². The number of hydrogen-bond acceptors (Lipinski definition) is 4. The van der Waals surface area contributed by atoms with Gasteiger partial charge >= 0.3 is 0 Å². The highest BCUT2D eigenvalue weighted by atomic mass is 35.5. The van der Waals surface area contributed by atoms with Crippen molar-refractivity contribution in [2.45, 2.75) is 0 Å². The number of ketones is 1. The number of rotatable bonds is 5. The van der Waals surface area contributed by atoms with Crippen LogP contribution in [0.25, 0.3) is 0 Å². The third-order valence-electron chi connectivity index (χ3n) is 2.73. The molecule has 2 aromatic rings. The number of para-hydroxylation sites is 1. The molecular weight excluding hydrogens is 292 g/mol. The molecule has 0 unspecified atom stereocenters. The normalized spacial score (nSPS) is 10.7. The van der Waals surface area contributed by atoms with E-state index < -0.39 is 11.5 Å². The Morgan fingerprint density at radius 1 is 1.14 bits per heavy atom. The molecule has 0 spiro atoms. The lowest BCUT2D eigenvalue weighted by atomic mass is 10.0. The third-order valence-corrected chi connectivity index (χ3v) is 3.06. The lowest BCUT2D eigenvalue weighted by Gasteiger charge is -2.06. The highest BCUT2D eigenvalue weighted by Gasteiger charge is 2.15. The maximum Gasteiger partial charge on any atom is 0.238 e. The molecule has 0 N–H and O–H groups in total. The van der Waals surface area contributed by atoms with Crippen LogP contribution in [0.5, 0.6) is 0 Å². The summed E-state index contributed by atoms with van der Waals surface area (Å²) in [7, 11) is 0. The summed E-state index contributed by atoms with van der Waals surface area (Å²) in [6, 6.07) is 13.4. The van der Waals surface area contributed by atoms with Crippen molar-refractivity contribution in [2.75, 3.05) is 6.54 Å². The number of nitro groups is 1. The molecule has 0 aliphatic heterocycles. The lowest BCUT2D eigenvalue weighted by Crippen LogP contribution is -2.03. The van der Waals surface area contributed by atoms with E-state index in [1.165, 1.54) is 6.21 Å². The first kappa shape index (κ1) is 14.9. The van der Waals surface area contributed by atoms with Crippen LogP contribution < -0.4 is 0 Å². The van der Waals surface area contributed by atoms with Crippen LogP contribution >= 0.6 is 11.6 Å². The molecule has 2 rings (SSSR count). The molecule has 0 saturated heterocycles. The number of halogens is 1. The summed E-state index contributed by atoms with van der Waals surface area (Å²) >= 11 is 6.02. The van der Waals surface area contributed by atoms with Crippen molar-refractivity contribution in [3.8, 4) is 0 Å². The zero-order chi connectivity index (χ0) is 15.2. The van der Waals surface area contributed by atoms with Crippen LogP contribution in [-0.2, 0) is 0 Å². The standard InChI is InChI=1S/C15H11ClN2O3/c16-13-7-3-1-5-11(13)15(19)12-6-2-4-8-14(12)17-9-10-18(20)21/h1-9H,10H2. The van der Waals surface area contributed by atoms with Crippen LogP contribution in [0.2, 0.25) is 5.02 Å². The van der Waals surface area contributed by atoms with Gasteiger partial charge < -0.3 is 0 Å². The molecule has 0 aliphatic carbocycles. The van der Waals surface area contributed by atoms with Gasteiger partial charge in [0.1, 0.15) is 0 Å². The number of benzene rings is 2. The van der Waals surface area contributed by atoms with Gasteiger partial charge in [0, 0.05) is 16.1 Å². The van der Waals surface area contributed by atoms with E-state index in [0.29, 0.717) is 21.8 Å². The molecule has 0 saturated carbocycles. The Labute approximate surface area is 126 Å². The van der Waals surface area contributed by atoms with Gasteiger partial charge in [0.15, 0.2) is 5.78 Å². The van der Waals surface area contributed by atoms with Crippen molar-refractivity contribution in [1.82, 2.24) is 0 Å². The van der Waals surface area contributed by atoms with Gasteiger partial charge in [-0.2, -0.15) is 0 Å². The predicted molar refractivity (Wildman–Crippen MR) is 81.3 cm³/mol. The zero-order valence-electron chi connectivity index (χ0n) is 10.9. The number of carbonyl (C=O) groups excluding carboxylic acids is 1. The van der Waals surface area contributed by atoms with Gasteiger partial charge in [-0.15, -0.1) is 0 Å². The fourth-order valence-corrected chi connectivity index (χ4v) is 2.00. The van der Waals surface area contributed by atoms with Crippen molar-refractivity contribution in [1.29, 1.82) is 0 Å². The number of carbonyl (C=O) groups is 1. The molecule has 21 heavy (non-hydrogen) atoms. The first-order chi connectivity index (χ1) is 10.1. The summed E-state index contributed by atoms with van der Waals surface area (Å²) in [5.74, 6) is -0.269. The Kier molecular flexibility index (Phi) is 4.79. The average Bonchev–Trinajstić information content (AvgIpc) is 2.47. The van der Waals surface area contributed by atoms with Crippen LogP contribution in [0.15, 0.2) is 53.5 Å². The van der Waals surface area contributed by atoms with Gasteiger partial charge in [-0.05, 0) is 24.3 Å². The van der Waals surface area contributed by atoms with Crippen molar-refractivity contribution >= 4 is 29.3 Å². The highest BCUT2D eigenvalue weighted by Crippen LogP contribution is 2.25. The first-order valence-electron chi connectivity index (χ1n) is 6.12. The van der Waals surface area contributed by atoms with Gasteiger partial charge in [-0.25, -0.2) is 0 Å². The van der Waals surface area contributed by atoms with E-state index in [1.54, 1.807) is 48.5 Å². The molecule has 0 aromatic heterocycles. The van der Waals surface area contributed by atoms with E-state index in [1.807, 2.05) is 0 Å². The molecule has 0 amide bonds. The predicted octanol–water partition coefficient (Wildman–Crippen LogP) is 3.55. The second kappa shape index (κ2) is 6.76. The minimum absolute atomic E-state index is 0.269. The molecule has 106 valence electrons. The van der Waals surface area contributed by atoms with Crippen molar-refractivity contribution < 1.29 is 9.72 Å². The topological polar surface area (TPSA) is 72.6 Å². The molecule has 0 bridgehead atoms. The van der Waals surface area contributed by atoms with E-state index in [0.717, 1.165) is 0 Å². The van der Waals surface area contributed by atoms with Crippen LogP contribution in [0, 0.1) is 10.1 Å². The van der Waals surface area contributed by atoms with E-state index in [9.17, 15) is 14.9 Å². The second-order valence-corrected chi connectivity index (χ2v) is 4.56. The van der Waals surface area contributed by atoms with E-state index in [-0.39, 0.29) is 5.78 Å². The molecule has 0 radical (unpaired) electrons. The quantitative estimate of drug-likeness (QED) is 0.367. The Morgan fingerprint density at radius 3 is 2.43 bits per heavy atom. The van der Waals surface area contributed by atoms with Crippen molar-refractivity contribution in [2.24, 2.45) is 4.99 Å². The van der Waals surface area contributed by atoms with Gasteiger partial charge in [0.05, 0.1) is 16.9 Å². The molecule has 5 nitrogen and oxygen atoms in total. The van der Waals surface area contributed by atoms with Crippen molar-refractivity contribution in [3.63, 3.8) is 0 Å². The molecule has 2 aromatic carbocycles. The molecule has 0 atom stereocenters. The summed E-state index contributed by atoms with van der Waals surface area (Å²) < 4.78 is 0. The smallest absolute Gasteiger partial charge is 0.238 e. The molecule has 0 heterocycles. The number of aliphatic imine (C=N–C) groups is 1. The Hall–Kier alpha value is -2.53. The highest BCUT2D eigenvalue weighted by molar-refractivity contribution is 6.35. The van der Waals surface area contributed by atoms with Crippen LogP contribution in [-0.4, -0.2) is 23.5 Å². The maximum absolute atomic E-state index is 12.5. The van der Waals surface area contributed by atoms with Gasteiger partial charge in [-0.1, -0.05) is 35.9 Å². The summed E-state index contributed by atoms with van der Waals surface area (Å²) in [5.41, 5.74) is 1.10. The fourth-order valence-electron chi connectivity index (χ4n) is 1.77. The third kappa shape index (κ3) is 3.73. The van der Waals surface area contributed by atoms with Gasteiger partial charge in [0.2, 0.25) is 6.54 Å². The maximum atomic E-state index is 12.5. The average molecular weight is 303 g/mol. The van der Waals surface area contributed by atoms with E-state index in [4.69, 9.17) is 11.6 Å². The van der Waals surface area contributed by atoms with Gasteiger partial charge in [0.25, 0.3) is 0 Å². The molecule has 0 fully saturated rings. The summed E-state index contributed by atoms with van der Waals surface area (Å²) in [4.78, 5) is 26.3. The zero-order valence-corrected chi connectivity index (χ0v) is 11.7. The van der Waals surface area contributed by atoms with Crippen molar-refractivity contribution in [3.05, 3.63) is 74.8 Å². The Bertz CT molecular complexity index is 714. The van der Waals surface area contributed by atoms with E-state index >= 15 is 0 Å².